The number of carbonyl (C=O) groups excluding carboxylic acids is 2. The van der Waals surface area contributed by atoms with Crippen molar-refractivity contribution in [3.63, 3.8) is 0 Å². The van der Waals surface area contributed by atoms with Gasteiger partial charge in [0.1, 0.15) is 19.8 Å². The highest BCUT2D eigenvalue weighted by molar-refractivity contribution is 7.47. The summed E-state index contributed by atoms with van der Waals surface area (Å²) in [4.78, 5) is 35.5. The number of quaternary nitrogens is 1. The van der Waals surface area contributed by atoms with E-state index in [9.17, 15) is 19.0 Å². The zero-order valence-corrected chi connectivity index (χ0v) is 41.5. The zero-order chi connectivity index (χ0) is 45.7. The summed E-state index contributed by atoms with van der Waals surface area (Å²) in [5, 5.41) is 0. The van der Waals surface area contributed by atoms with Gasteiger partial charge in [0, 0.05) is 12.8 Å². The van der Waals surface area contributed by atoms with Gasteiger partial charge in [0.05, 0.1) is 27.7 Å². The highest BCUT2D eigenvalue weighted by Gasteiger charge is 2.27. The molecule has 0 aromatic carbocycles. The maximum absolute atomic E-state index is 12.7. The van der Waals surface area contributed by atoms with E-state index in [-0.39, 0.29) is 26.1 Å². The molecule has 0 saturated heterocycles. The molecule has 62 heavy (non-hydrogen) atoms. The minimum Gasteiger partial charge on any atom is -0.462 e. The van der Waals surface area contributed by atoms with Gasteiger partial charge in [-0.25, -0.2) is 4.57 Å². The number of hydrogen-bond acceptors (Lipinski definition) is 7. The van der Waals surface area contributed by atoms with Crippen molar-refractivity contribution >= 4 is 19.8 Å². The zero-order valence-electron chi connectivity index (χ0n) is 40.6. The normalized spacial score (nSPS) is 14.0. The SMILES string of the molecule is CCCCC/C=C/C/C=C/C/C=C/C/C=C/C/C=C/CCC(=O)OC[C@H](COP(=O)(O)OCC[N+](C)(C)C)OC(=O)CCCCCCCCCCCCCCCCCCCCC. The second-order valence-electron chi connectivity index (χ2n) is 17.9. The third-order valence-corrected chi connectivity index (χ3v) is 11.5. The van der Waals surface area contributed by atoms with Crippen LogP contribution in [-0.2, 0) is 32.7 Å². The Bertz CT molecular complexity index is 1240. The quantitative estimate of drug-likeness (QED) is 0.0212. The lowest BCUT2D eigenvalue weighted by atomic mass is 10.0. The van der Waals surface area contributed by atoms with Crippen LogP contribution in [0.25, 0.3) is 0 Å². The number of allylic oxidation sites excluding steroid dienone is 10. The number of ether oxygens (including phenoxy) is 2. The minimum atomic E-state index is -4.40. The molecule has 0 fully saturated rings. The number of rotatable bonds is 45. The van der Waals surface area contributed by atoms with Crippen molar-refractivity contribution in [2.24, 2.45) is 0 Å². The molecule has 0 aliphatic heterocycles. The van der Waals surface area contributed by atoms with Crippen LogP contribution < -0.4 is 0 Å². The lowest BCUT2D eigenvalue weighted by Crippen LogP contribution is -2.37. The van der Waals surface area contributed by atoms with E-state index in [0.717, 1.165) is 38.5 Å². The maximum atomic E-state index is 12.7. The summed E-state index contributed by atoms with van der Waals surface area (Å²) in [5.74, 6) is -0.890. The average Bonchev–Trinajstić information content (AvgIpc) is 3.23. The van der Waals surface area contributed by atoms with Crippen LogP contribution in [0.15, 0.2) is 60.8 Å². The van der Waals surface area contributed by atoms with Gasteiger partial charge in [-0.2, -0.15) is 0 Å². The Morgan fingerprint density at radius 2 is 0.903 bits per heavy atom. The van der Waals surface area contributed by atoms with Crippen LogP contribution in [0.5, 0.6) is 0 Å². The van der Waals surface area contributed by atoms with E-state index in [1.54, 1.807) is 0 Å². The number of phosphoric acid groups is 1. The molecule has 0 spiro atoms. The number of hydrogen-bond donors (Lipinski definition) is 1. The summed E-state index contributed by atoms with van der Waals surface area (Å²) in [7, 11) is 1.44. The summed E-state index contributed by atoms with van der Waals surface area (Å²) in [5.41, 5.74) is 0. The van der Waals surface area contributed by atoms with E-state index in [2.05, 4.69) is 62.5 Å². The van der Waals surface area contributed by atoms with Crippen molar-refractivity contribution in [1.82, 2.24) is 0 Å². The highest BCUT2D eigenvalue weighted by Crippen LogP contribution is 2.43. The van der Waals surface area contributed by atoms with Crippen LogP contribution >= 0.6 is 7.82 Å². The van der Waals surface area contributed by atoms with Gasteiger partial charge in [0.15, 0.2) is 6.10 Å². The lowest BCUT2D eigenvalue weighted by Gasteiger charge is -2.24. The van der Waals surface area contributed by atoms with Gasteiger partial charge < -0.3 is 18.9 Å². The first-order valence-corrected chi connectivity index (χ1v) is 26.5. The molecular formula is C52H95NO8P+. The van der Waals surface area contributed by atoms with Crippen LogP contribution in [0.2, 0.25) is 0 Å². The number of esters is 2. The standard InChI is InChI=1S/C52H94NO8P/c1-6-8-10-12-14-16-18-20-22-24-26-28-30-32-34-36-38-40-42-44-51(54)58-48-50(49-60-62(56,57)59-47-46-53(3,4)5)61-52(55)45-43-41-39-37-35-33-31-29-27-25-23-21-19-17-15-13-11-9-7-2/h14,16,20,22,26,28,32,34,38,40,50H,6-13,15,17-19,21,23-25,27,29-31,33,35-37,39,41-49H2,1-5H3/p+1/b16-14+,22-20+,28-26+,34-32+,40-38+/t50-/m1/s1. The summed E-state index contributed by atoms with van der Waals surface area (Å²) >= 11 is 0. The maximum Gasteiger partial charge on any atom is 0.472 e. The first-order chi connectivity index (χ1) is 30.0. The average molecular weight is 893 g/mol. The Labute approximate surface area is 381 Å². The Hall–Kier alpha value is -2.29. The Kier molecular flexibility index (Phi) is 42.3. The Morgan fingerprint density at radius 3 is 1.35 bits per heavy atom. The van der Waals surface area contributed by atoms with Gasteiger partial charge in [0.2, 0.25) is 0 Å². The van der Waals surface area contributed by atoms with E-state index in [1.165, 1.54) is 128 Å². The summed E-state index contributed by atoms with van der Waals surface area (Å²) in [6.45, 7) is 4.33. The molecule has 360 valence electrons. The van der Waals surface area contributed by atoms with E-state index in [4.69, 9.17) is 18.5 Å². The van der Waals surface area contributed by atoms with Gasteiger partial charge in [-0.1, -0.05) is 203 Å². The van der Waals surface area contributed by atoms with E-state index < -0.39 is 32.5 Å². The number of unbranched alkanes of at least 4 members (excludes halogenated alkanes) is 21. The van der Waals surface area contributed by atoms with Crippen molar-refractivity contribution < 1.29 is 42.1 Å². The molecule has 0 rings (SSSR count). The Morgan fingerprint density at radius 1 is 0.500 bits per heavy atom. The van der Waals surface area contributed by atoms with E-state index >= 15 is 0 Å². The lowest BCUT2D eigenvalue weighted by molar-refractivity contribution is -0.870. The van der Waals surface area contributed by atoms with Crippen molar-refractivity contribution in [1.29, 1.82) is 0 Å². The molecule has 10 heteroatoms. The second-order valence-corrected chi connectivity index (χ2v) is 19.3. The molecule has 0 aliphatic rings. The van der Waals surface area contributed by atoms with Crippen molar-refractivity contribution in [2.45, 2.75) is 213 Å². The van der Waals surface area contributed by atoms with Crippen molar-refractivity contribution in [3.8, 4) is 0 Å². The summed E-state index contributed by atoms with van der Waals surface area (Å²) in [6.07, 6.45) is 54.3. The fraction of sp³-hybridized carbons (Fsp3) is 0.769. The van der Waals surface area contributed by atoms with Crippen molar-refractivity contribution in [2.75, 3.05) is 47.5 Å². The molecule has 0 aromatic heterocycles. The van der Waals surface area contributed by atoms with Gasteiger partial charge in [-0.3, -0.25) is 18.6 Å². The smallest absolute Gasteiger partial charge is 0.462 e. The van der Waals surface area contributed by atoms with Crippen molar-refractivity contribution in [3.05, 3.63) is 60.8 Å². The van der Waals surface area contributed by atoms with Crippen LogP contribution in [0.4, 0.5) is 0 Å². The fourth-order valence-corrected chi connectivity index (χ4v) is 7.39. The van der Waals surface area contributed by atoms with Gasteiger partial charge in [-0.15, -0.1) is 0 Å². The highest BCUT2D eigenvalue weighted by atomic mass is 31.2. The van der Waals surface area contributed by atoms with Gasteiger partial charge >= 0.3 is 19.8 Å². The first-order valence-electron chi connectivity index (χ1n) is 25.0. The first kappa shape index (κ1) is 59.7. The minimum absolute atomic E-state index is 0.0199. The molecule has 0 heterocycles. The second kappa shape index (κ2) is 43.9. The third kappa shape index (κ3) is 47.2. The molecule has 1 N–H and O–H groups in total. The molecule has 2 atom stereocenters. The summed E-state index contributed by atoms with van der Waals surface area (Å²) in [6, 6.07) is 0. The predicted octanol–water partition coefficient (Wildman–Crippen LogP) is 14.8. The monoisotopic (exact) mass is 893 g/mol. The van der Waals surface area contributed by atoms with Crippen LogP contribution in [0, 0.1) is 0 Å². The van der Waals surface area contributed by atoms with Crippen LogP contribution in [0.3, 0.4) is 0 Å². The molecule has 9 nitrogen and oxygen atoms in total. The molecule has 0 aromatic rings. The third-order valence-electron chi connectivity index (χ3n) is 10.6. The number of phosphoric ester groups is 1. The van der Waals surface area contributed by atoms with Gasteiger partial charge in [-0.05, 0) is 51.4 Å². The molecule has 1 unspecified atom stereocenters. The van der Waals surface area contributed by atoms with E-state index in [1.807, 2.05) is 33.3 Å². The molecular weight excluding hydrogens is 798 g/mol. The molecule has 0 bridgehead atoms. The van der Waals surface area contributed by atoms with Crippen LogP contribution in [0.1, 0.15) is 206 Å². The van der Waals surface area contributed by atoms with Crippen LogP contribution in [-0.4, -0.2) is 74.9 Å². The number of nitrogens with zero attached hydrogens (tertiary/aromatic N) is 1. The molecule has 0 amide bonds. The summed E-state index contributed by atoms with van der Waals surface area (Å²) < 4.78 is 34.3. The van der Waals surface area contributed by atoms with E-state index in [0.29, 0.717) is 23.9 Å². The molecule has 0 aliphatic carbocycles. The molecule has 0 saturated carbocycles. The van der Waals surface area contributed by atoms with Gasteiger partial charge in [0.25, 0.3) is 0 Å². The number of carbonyl (C=O) groups is 2. The predicted molar refractivity (Wildman–Crippen MR) is 261 cm³/mol. The Balaban J connectivity index is 4.38. The fourth-order valence-electron chi connectivity index (χ4n) is 6.64. The molecule has 0 radical (unpaired) electrons. The largest absolute Gasteiger partial charge is 0.472 e. The topological polar surface area (TPSA) is 108 Å². The number of likely N-dealkylation sites (N-methyl/N-ethyl adjacent to an activating group) is 1.